The number of hydrogen-bond acceptors (Lipinski definition) is 4. The van der Waals surface area contributed by atoms with Crippen molar-refractivity contribution in [2.75, 3.05) is 5.32 Å². The number of nitrogens with one attached hydrogen (secondary N) is 1. The minimum absolute atomic E-state index is 0.109. The van der Waals surface area contributed by atoms with Gasteiger partial charge >= 0.3 is 0 Å². The van der Waals surface area contributed by atoms with Gasteiger partial charge in [0.1, 0.15) is 12.7 Å². The van der Waals surface area contributed by atoms with Gasteiger partial charge in [-0.3, -0.25) is 4.79 Å². The fourth-order valence-corrected chi connectivity index (χ4v) is 3.23. The first-order valence-corrected chi connectivity index (χ1v) is 7.77. The molecule has 0 atom stereocenters. The molecule has 1 N–H and O–H groups in total. The van der Waals surface area contributed by atoms with Gasteiger partial charge in [0.2, 0.25) is 0 Å². The van der Waals surface area contributed by atoms with E-state index in [1.54, 1.807) is 11.0 Å². The molecule has 0 aliphatic heterocycles. The molecule has 0 unspecified atom stereocenters. The molecule has 0 aliphatic rings. The predicted molar refractivity (Wildman–Crippen MR) is 86.1 cm³/mol. The second kappa shape index (κ2) is 5.79. The molecule has 0 radical (unpaired) electrons. The molecule has 3 aromatic rings. The molecule has 1 aromatic carbocycles. The number of carbonyl (C=O) groups excluding carboxylic acids is 1. The smallest absolute Gasteiger partial charge is 0.265 e. The van der Waals surface area contributed by atoms with Crippen molar-refractivity contribution in [3.8, 4) is 5.69 Å². The Balaban J connectivity index is 1.74. The second-order valence-corrected chi connectivity index (χ2v) is 6.78. The summed E-state index contributed by atoms with van der Waals surface area (Å²) in [6, 6.07) is 9.29. The van der Waals surface area contributed by atoms with Gasteiger partial charge in [-0.2, -0.15) is 5.10 Å². The highest BCUT2D eigenvalue weighted by molar-refractivity contribution is 9.11. The van der Waals surface area contributed by atoms with Crippen LogP contribution >= 0.6 is 27.3 Å². The predicted octanol–water partition coefficient (Wildman–Crippen LogP) is 3.65. The fourth-order valence-electron chi connectivity index (χ4n) is 1.80. The number of anilines is 1. The van der Waals surface area contributed by atoms with Crippen LogP contribution in [0.5, 0.6) is 0 Å². The summed E-state index contributed by atoms with van der Waals surface area (Å²) in [5, 5.41) is 6.93. The Kier molecular flexibility index (Phi) is 3.85. The molecule has 7 heteroatoms. The fraction of sp³-hybridized carbons (Fsp3) is 0.0714. The zero-order valence-corrected chi connectivity index (χ0v) is 13.5. The lowest BCUT2D eigenvalue weighted by atomic mass is 10.2. The molecule has 0 bridgehead atoms. The molecule has 106 valence electrons. The van der Waals surface area contributed by atoms with Crippen LogP contribution in [0.15, 0.2) is 46.8 Å². The van der Waals surface area contributed by atoms with Gasteiger partial charge in [0.05, 0.1) is 14.4 Å². The Hall–Kier alpha value is -1.99. The van der Waals surface area contributed by atoms with E-state index in [1.807, 2.05) is 37.3 Å². The lowest BCUT2D eigenvalue weighted by Crippen LogP contribution is -2.10. The first kappa shape index (κ1) is 14.0. The summed E-state index contributed by atoms with van der Waals surface area (Å²) in [6.07, 6.45) is 3.10. The average Bonchev–Trinajstić information content (AvgIpc) is 3.11. The van der Waals surface area contributed by atoms with Crippen LogP contribution in [0.1, 0.15) is 15.2 Å². The van der Waals surface area contributed by atoms with Crippen LogP contribution in [0.2, 0.25) is 0 Å². The summed E-state index contributed by atoms with van der Waals surface area (Å²) in [6.45, 7) is 1.96. The maximum atomic E-state index is 12.1. The number of aryl methyl sites for hydroxylation is 1. The number of thiophene rings is 1. The van der Waals surface area contributed by atoms with Gasteiger partial charge in [-0.25, -0.2) is 9.67 Å². The third kappa shape index (κ3) is 3.03. The Morgan fingerprint density at radius 2 is 2.10 bits per heavy atom. The van der Waals surface area contributed by atoms with Crippen molar-refractivity contribution in [2.45, 2.75) is 6.92 Å². The molecule has 0 spiro atoms. The topological polar surface area (TPSA) is 59.8 Å². The quantitative estimate of drug-likeness (QED) is 0.773. The molecule has 0 saturated heterocycles. The number of benzene rings is 1. The lowest BCUT2D eigenvalue weighted by Gasteiger charge is -2.05. The van der Waals surface area contributed by atoms with Crippen molar-refractivity contribution in [3.63, 3.8) is 0 Å². The van der Waals surface area contributed by atoms with Gasteiger partial charge in [0, 0.05) is 5.69 Å². The summed E-state index contributed by atoms with van der Waals surface area (Å²) in [5.74, 6) is -0.109. The summed E-state index contributed by atoms with van der Waals surface area (Å²) >= 11 is 4.85. The van der Waals surface area contributed by atoms with Crippen LogP contribution < -0.4 is 5.32 Å². The van der Waals surface area contributed by atoms with Crippen molar-refractivity contribution < 1.29 is 4.79 Å². The molecule has 1 amide bonds. The van der Waals surface area contributed by atoms with Gasteiger partial charge < -0.3 is 5.32 Å². The molecule has 3 rings (SSSR count). The SMILES string of the molecule is Cc1cc(C(=O)Nc2ccc(-n3cncn3)cc2)sc1Br. The molecule has 0 aliphatic carbocycles. The number of amides is 1. The van der Waals surface area contributed by atoms with E-state index in [-0.39, 0.29) is 5.91 Å². The van der Waals surface area contributed by atoms with Crippen LogP contribution in [0.4, 0.5) is 5.69 Å². The van der Waals surface area contributed by atoms with Crippen LogP contribution in [-0.4, -0.2) is 20.7 Å². The summed E-state index contributed by atoms with van der Waals surface area (Å²) < 4.78 is 2.64. The number of nitrogens with zero attached hydrogens (tertiary/aromatic N) is 3. The minimum Gasteiger partial charge on any atom is -0.321 e. The molecule has 0 saturated carbocycles. The zero-order valence-electron chi connectivity index (χ0n) is 11.1. The van der Waals surface area contributed by atoms with E-state index in [1.165, 1.54) is 17.7 Å². The van der Waals surface area contributed by atoms with Gasteiger partial charge in [-0.1, -0.05) is 0 Å². The van der Waals surface area contributed by atoms with Crippen molar-refractivity contribution in [1.29, 1.82) is 0 Å². The van der Waals surface area contributed by atoms with E-state index in [2.05, 4.69) is 31.3 Å². The molecule has 5 nitrogen and oxygen atoms in total. The number of hydrogen-bond donors (Lipinski definition) is 1. The highest BCUT2D eigenvalue weighted by Crippen LogP contribution is 2.28. The van der Waals surface area contributed by atoms with Gasteiger partial charge in [-0.05, 0) is 58.7 Å². The Labute approximate surface area is 133 Å². The summed E-state index contributed by atoms with van der Waals surface area (Å²) in [4.78, 5) is 16.7. The van der Waals surface area contributed by atoms with Gasteiger partial charge in [-0.15, -0.1) is 11.3 Å². The van der Waals surface area contributed by atoms with Crippen LogP contribution in [0, 0.1) is 6.92 Å². The van der Waals surface area contributed by atoms with Crippen molar-refractivity contribution in [1.82, 2.24) is 14.8 Å². The Morgan fingerprint density at radius 3 is 2.67 bits per heavy atom. The summed E-state index contributed by atoms with van der Waals surface area (Å²) in [5.41, 5.74) is 2.69. The third-order valence-electron chi connectivity index (χ3n) is 2.89. The molecule has 2 aromatic heterocycles. The highest BCUT2D eigenvalue weighted by Gasteiger charge is 2.11. The number of halogens is 1. The lowest BCUT2D eigenvalue weighted by molar-refractivity contribution is 0.103. The second-order valence-electron chi connectivity index (χ2n) is 4.41. The van der Waals surface area contributed by atoms with Crippen molar-refractivity contribution in [3.05, 3.63) is 57.2 Å². The monoisotopic (exact) mass is 362 g/mol. The van der Waals surface area contributed by atoms with Crippen molar-refractivity contribution >= 4 is 38.9 Å². The zero-order chi connectivity index (χ0) is 14.8. The molecular weight excluding hydrogens is 352 g/mol. The number of rotatable bonds is 3. The molecule has 2 heterocycles. The summed E-state index contributed by atoms with van der Waals surface area (Å²) in [7, 11) is 0. The van der Waals surface area contributed by atoms with E-state index in [4.69, 9.17) is 0 Å². The largest absolute Gasteiger partial charge is 0.321 e. The van der Waals surface area contributed by atoms with Gasteiger partial charge in [0.15, 0.2) is 0 Å². The Morgan fingerprint density at radius 1 is 1.33 bits per heavy atom. The van der Waals surface area contributed by atoms with E-state index in [0.717, 1.165) is 20.7 Å². The first-order chi connectivity index (χ1) is 10.1. The molecule has 0 fully saturated rings. The van der Waals surface area contributed by atoms with E-state index >= 15 is 0 Å². The van der Waals surface area contributed by atoms with E-state index < -0.39 is 0 Å². The van der Waals surface area contributed by atoms with Crippen LogP contribution in [-0.2, 0) is 0 Å². The van der Waals surface area contributed by atoms with Crippen LogP contribution in [0.25, 0.3) is 5.69 Å². The number of carbonyl (C=O) groups is 1. The van der Waals surface area contributed by atoms with E-state index in [9.17, 15) is 4.79 Å². The maximum Gasteiger partial charge on any atom is 0.265 e. The first-order valence-electron chi connectivity index (χ1n) is 6.16. The van der Waals surface area contributed by atoms with Gasteiger partial charge in [0.25, 0.3) is 5.91 Å². The normalized spacial score (nSPS) is 10.6. The van der Waals surface area contributed by atoms with Crippen LogP contribution in [0.3, 0.4) is 0 Å². The third-order valence-corrected chi connectivity index (χ3v) is 5.02. The number of aromatic nitrogens is 3. The maximum absolute atomic E-state index is 12.1. The highest BCUT2D eigenvalue weighted by atomic mass is 79.9. The Bertz CT molecular complexity index is 745. The average molecular weight is 363 g/mol. The molecular formula is C14H11BrN4OS. The van der Waals surface area contributed by atoms with Crippen molar-refractivity contribution in [2.24, 2.45) is 0 Å². The van der Waals surface area contributed by atoms with E-state index in [0.29, 0.717) is 4.88 Å². The minimum atomic E-state index is -0.109. The molecule has 21 heavy (non-hydrogen) atoms. The standard InChI is InChI=1S/C14H11BrN4OS/c1-9-6-12(21-13(9)15)14(20)18-10-2-4-11(5-3-10)19-8-16-7-17-19/h2-8H,1H3,(H,18,20).